The van der Waals surface area contributed by atoms with Gasteiger partial charge in [-0.2, -0.15) is 0 Å². The van der Waals surface area contributed by atoms with E-state index in [2.05, 4.69) is 19.1 Å². The van der Waals surface area contributed by atoms with Crippen molar-refractivity contribution < 1.29 is 34.2 Å². The molecular weight excluding hydrogens is 470 g/mol. The number of rotatable bonds is 28. The highest BCUT2D eigenvalue weighted by Gasteiger charge is 2.25. The maximum Gasteiger partial charge on any atom is 0.303 e. The number of allylic oxidation sites excluding steroid dienone is 1. The fraction of sp³-hybridized carbons (Fsp3) is 0.833. The van der Waals surface area contributed by atoms with Gasteiger partial charge in [0, 0.05) is 18.8 Å². The molecule has 7 nitrogen and oxygen atoms in total. The van der Waals surface area contributed by atoms with Crippen molar-refractivity contribution in [2.24, 2.45) is 0 Å². The van der Waals surface area contributed by atoms with E-state index < -0.39 is 17.9 Å². The van der Waals surface area contributed by atoms with Crippen molar-refractivity contribution >= 4 is 17.9 Å². The summed E-state index contributed by atoms with van der Waals surface area (Å²) < 4.78 is 0.765. The molecule has 0 aliphatic heterocycles. The lowest BCUT2D eigenvalue weighted by Crippen LogP contribution is -2.50. The van der Waals surface area contributed by atoms with Gasteiger partial charge >= 0.3 is 11.9 Å². The Balaban J connectivity index is 4.69. The number of hydrogen-bond acceptors (Lipinski definition) is 4. The fourth-order valence-electron chi connectivity index (χ4n) is 4.94. The molecule has 0 aromatic rings. The highest BCUT2D eigenvalue weighted by molar-refractivity contribution is 5.66. The zero-order valence-electron chi connectivity index (χ0n) is 23.6. The lowest BCUT2D eigenvalue weighted by atomic mass is 10.1. The first-order valence-corrected chi connectivity index (χ1v) is 14.9. The second-order valence-corrected chi connectivity index (χ2v) is 10.7. The smallest absolute Gasteiger partial charge is 0.303 e. The minimum absolute atomic E-state index is 0.0482. The van der Waals surface area contributed by atoms with Crippen LogP contribution in [0.15, 0.2) is 12.2 Å². The van der Waals surface area contributed by atoms with Crippen molar-refractivity contribution in [1.29, 1.82) is 0 Å². The summed E-state index contributed by atoms with van der Waals surface area (Å²) in [5.41, 5.74) is 0. The number of unbranched alkanes of at least 4 members (excludes halogenated alkanes) is 13. The summed E-state index contributed by atoms with van der Waals surface area (Å²) in [6.07, 6.45) is 23.2. The lowest BCUT2D eigenvalue weighted by molar-refractivity contribution is -0.923. The predicted octanol–water partition coefficient (Wildman–Crippen LogP) is 6.10. The van der Waals surface area contributed by atoms with Crippen LogP contribution in [-0.2, 0) is 14.4 Å². The van der Waals surface area contributed by atoms with Crippen molar-refractivity contribution in [3.8, 4) is 0 Å². The number of quaternary nitrogens is 1. The molecule has 0 aromatic heterocycles. The highest BCUT2D eigenvalue weighted by atomic mass is 16.4. The molecule has 0 bridgehead atoms. The normalized spacial score (nSPS) is 11.8. The maximum absolute atomic E-state index is 10.9. The molecule has 0 radical (unpaired) electrons. The van der Waals surface area contributed by atoms with Crippen LogP contribution in [0, 0.1) is 0 Å². The topological polar surface area (TPSA) is 115 Å². The zero-order valence-corrected chi connectivity index (χ0v) is 23.6. The molecule has 7 heteroatoms. The molecule has 0 rings (SSSR count). The fourth-order valence-corrected chi connectivity index (χ4v) is 4.94. The molecule has 0 aliphatic rings. The number of carbonyl (C=O) groups excluding carboxylic acids is 1. The number of aliphatic carboxylic acids is 3. The van der Waals surface area contributed by atoms with Crippen molar-refractivity contribution in [3.63, 3.8) is 0 Å². The molecule has 216 valence electrons. The molecule has 37 heavy (non-hydrogen) atoms. The van der Waals surface area contributed by atoms with Crippen molar-refractivity contribution in [1.82, 2.24) is 0 Å². The summed E-state index contributed by atoms with van der Waals surface area (Å²) in [5, 5.41) is 28.8. The van der Waals surface area contributed by atoms with E-state index in [9.17, 15) is 19.5 Å². The third-order valence-electron chi connectivity index (χ3n) is 7.19. The molecule has 0 heterocycles. The van der Waals surface area contributed by atoms with Crippen LogP contribution in [0.2, 0.25) is 0 Å². The molecule has 0 aliphatic carbocycles. The Morgan fingerprint density at radius 2 is 1.03 bits per heavy atom. The van der Waals surface area contributed by atoms with Crippen molar-refractivity contribution in [2.45, 2.75) is 135 Å². The molecule has 0 fully saturated rings. The Labute approximate surface area is 225 Å². The van der Waals surface area contributed by atoms with Crippen molar-refractivity contribution in [3.05, 3.63) is 12.2 Å². The number of hydrogen-bond donors (Lipinski definition) is 2. The summed E-state index contributed by atoms with van der Waals surface area (Å²) in [6, 6.07) is 0. The van der Waals surface area contributed by atoms with Crippen LogP contribution in [0.5, 0.6) is 0 Å². The number of carbonyl (C=O) groups is 3. The molecule has 0 saturated heterocycles. The van der Waals surface area contributed by atoms with E-state index in [1.807, 2.05) is 0 Å². The molecule has 0 atom stereocenters. The van der Waals surface area contributed by atoms with Gasteiger partial charge in [-0.05, 0) is 63.9 Å². The Bertz CT molecular complexity index is 564. The van der Waals surface area contributed by atoms with Crippen molar-refractivity contribution in [2.75, 3.05) is 26.2 Å². The number of carboxylic acid groups (broad SMARTS) is 3. The predicted molar refractivity (Wildman–Crippen MR) is 147 cm³/mol. The van der Waals surface area contributed by atoms with Gasteiger partial charge in [0.15, 0.2) is 0 Å². The second kappa shape index (κ2) is 24.4. The summed E-state index contributed by atoms with van der Waals surface area (Å²) >= 11 is 0. The van der Waals surface area contributed by atoms with Gasteiger partial charge in [0.05, 0.1) is 26.2 Å². The van der Waals surface area contributed by atoms with Crippen LogP contribution in [-0.4, -0.2) is 58.8 Å². The van der Waals surface area contributed by atoms with E-state index >= 15 is 0 Å². The molecule has 0 saturated carbocycles. The summed E-state index contributed by atoms with van der Waals surface area (Å²) in [6.45, 7) is 5.54. The molecule has 0 unspecified atom stereocenters. The number of carboxylic acids is 3. The van der Waals surface area contributed by atoms with Crippen LogP contribution in [0.4, 0.5) is 0 Å². The van der Waals surface area contributed by atoms with E-state index in [4.69, 9.17) is 10.2 Å². The van der Waals surface area contributed by atoms with Crippen LogP contribution >= 0.6 is 0 Å². The first kappa shape index (κ1) is 35.1. The van der Waals surface area contributed by atoms with Gasteiger partial charge in [0.2, 0.25) is 0 Å². The first-order valence-electron chi connectivity index (χ1n) is 14.9. The van der Waals surface area contributed by atoms with Crippen LogP contribution in [0.1, 0.15) is 135 Å². The van der Waals surface area contributed by atoms with Gasteiger partial charge in [-0.3, -0.25) is 9.59 Å². The minimum Gasteiger partial charge on any atom is -0.550 e. The monoisotopic (exact) mass is 525 g/mol. The number of nitrogens with zero attached hydrogens (tertiary/aromatic N) is 1. The SMILES string of the molecule is CCCCCCCCCCCC/C=C/C[N+](CCCCC(=O)[O-])(CCCCC(=O)O)CCCCC(=O)O. The van der Waals surface area contributed by atoms with E-state index in [1.165, 1.54) is 64.2 Å². The third kappa shape index (κ3) is 24.2. The Morgan fingerprint density at radius 3 is 1.46 bits per heavy atom. The minimum atomic E-state index is -1.03. The average Bonchev–Trinajstić information content (AvgIpc) is 2.84. The van der Waals surface area contributed by atoms with Crippen LogP contribution < -0.4 is 5.11 Å². The summed E-state index contributed by atoms with van der Waals surface area (Å²) in [5.74, 6) is -2.60. The van der Waals surface area contributed by atoms with Crippen LogP contribution in [0.3, 0.4) is 0 Å². The average molecular weight is 526 g/mol. The van der Waals surface area contributed by atoms with Gasteiger partial charge < -0.3 is 24.6 Å². The van der Waals surface area contributed by atoms with Gasteiger partial charge in [-0.15, -0.1) is 0 Å². The van der Waals surface area contributed by atoms with Gasteiger partial charge in [0.1, 0.15) is 0 Å². The Hall–Kier alpha value is -1.89. The molecular formula is C30H55NO6. The lowest BCUT2D eigenvalue weighted by Gasteiger charge is -2.38. The third-order valence-corrected chi connectivity index (χ3v) is 7.19. The Morgan fingerprint density at radius 1 is 0.595 bits per heavy atom. The molecule has 2 N–H and O–H groups in total. The second-order valence-electron chi connectivity index (χ2n) is 10.7. The molecule has 0 amide bonds. The Kier molecular flexibility index (Phi) is 23.2. The largest absolute Gasteiger partial charge is 0.550 e. The molecule has 0 spiro atoms. The van der Waals surface area contributed by atoms with Gasteiger partial charge in [0.25, 0.3) is 0 Å². The maximum atomic E-state index is 10.9. The highest BCUT2D eigenvalue weighted by Crippen LogP contribution is 2.18. The quantitative estimate of drug-likeness (QED) is 0.0724. The van der Waals surface area contributed by atoms with E-state index in [0.29, 0.717) is 19.3 Å². The summed E-state index contributed by atoms with van der Waals surface area (Å²) in [7, 11) is 0. The molecule has 0 aromatic carbocycles. The summed E-state index contributed by atoms with van der Waals surface area (Å²) in [4.78, 5) is 32.7. The van der Waals surface area contributed by atoms with E-state index in [0.717, 1.165) is 56.3 Å². The van der Waals surface area contributed by atoms with Crippen LogP contribution in [0.25, 0.3) is 0 Å². The van der Waals surface area contributed by atoms with E-state index in [1.54, 1.807) is 0 Å². The van der Waals surface area contributed by atoms with E-state index in [-0.39, 0.29) is 19.3 Å². The zero-order chi connectivity index (χ0) is 27.6. The van der Waals surface area contributed by atoms with Gasteiger partial charge in [-0.25, -0.2) is 0 Å². The standard InChI is InChI=1S/C30H55NO6/c1-2-3-4-5-6-7-8-9-10-11-12-13-17-24-31(25-18-14-21-28(32)33,26-19-15-22-29(34)35)27-20-16-23-30(36)37/h13,17H,2-12,14-16,18-27H2,1H3,(H2-,32,33,34,35,36,37)/b17-13+. The van der Waals surface area contributed by atoms with Gasteiger partial charge in [-0.1, -0.05) is 70.8 Å². The first-order chi connectivity index (χ1) is 17.8.